The van der Waals surface area contributed by atoms with E-state index in [4.69, 9.17) is 16.7 Å². The Hall–Kier alpha value is -1.74. The van der Waals surface area contributed by atoms with E-state index < -0.39 is 0 Å². The number of halogens is 1. The summed E-state index contributed by atoms with van der Waals surface area (Å²) in [6.45, 7) is 5.73. The van der Waals surface area contributed by atoms with Crippen LogP contribution in [-0.4, -0.2) is 60.8 Å². The van der Waals surface area contributed by atoms with E-state index in [-0.39, 0.29) is 6.61 Å². The number of nitrogens with zero attached hydrogens (tertiary/aromatic N) is 2. The van der Waals surface area contributed by atoms with Gasteiger partial charge in [0, 0.05) is 58.7 Å². The summed E-state index contributed by atoms with van der Waals surface area (Å²) in [5.74, 6) is 6.79. The molecule has 4 rings (SSSR count). The molecule has 0 aliphatic carbocycles. The summed E-state index contributed by atoms with van der Waals surface area (Å²) in [6.07, 6.45) is 2.18. The van der Waals surface area contributed by atoms with Crippen LogP contribution in [0.1, 0.15) is 11.1 Å². The van der Waals surface area contributed by atoms with Crippen molar-refractivity contribution >= 4 is 35.0 Å². The average Bonchev–Trinajstić information content (AvgIpc) is 2.86. The predicted molar refractivity (Wildman–Crippen MR) is 118 cm³/mol. The van der Waals surface area contributed by atoms with Crippen LogP contribution in [0.3, 0.4) is 0 Å². The third-order valence-corrected chi connectivity index (χ3v) is 6.48. The lowest BCUT2D eigenvalue weighted by atomic mass is 10.0. The number of hydrogen-bond donors (Lipinski definition) is 1. The molecule has 2 aliphatic heterocycles. The first-order chi connectivity index (χ1) is 13.7. The van der Waals surface area contributed by atoms with Crippen LogP contribution in [0.15, 0.2) is 52.3 Å². The molecule has 2 aromatic carbocycles. The molecule has 0 amide bonds. The molecule has 2 aliphatic rings. The van der Waals surface area contributed by atoms with Crippen molar-refractivity contribution in [2.45, 2.75) is 9.79 Å². The van der Waals surface area contributed by atoms with Gasteiger partial charge in [-0.05, 0) is 35.9 Å². The minimum absolute atomic E-state index is 0.232. The van der Waals surface area contributed by atoms with Crippen LogP contribution >= 0.6 is 23.4 Å². The topological polar surface area (TPSA) is 26.7 Å². The van der Waals surface area contributed by atoms with Gasteiger partial charge >= 0.3 is 0 Å². The molecule has 1 N–H and O–H groups in total. The molecule has 0 radical (unpaired) electrons. The molecule has 5 heteroatoms. The smallest absolute Gasteiger partial charge is 0.0606 e. The Balaban J connectivity index is 1.55. The molecule has 0 saturated carbocycles. The lowest BCUT2D eigenvalue weighted by molar-refractivity contribution is 0.121. The molecule has 0 aromatic heterocycles. The van der Waals surface area contributed by atoms with Gasteiger partial charge in [-0.15, -0.1) is 0 Å². The van der Waals surface area contributed by atoms with Gasteiger partial charge in [0.15, 0.2) is 0 Å². The summed E-state index contributed by atoms with van der Waals surface area (Å²) in [4.78, 5) is 7.10. The highest BCUT2D eigenvalue weighted by Crippen LogP contribution is 2.41. The van der Waals surface area contributed by atoms with Crippen molar-refractivity contribution in [1.82, 2.24) is 9.80 Å². The molecule has 144 valence electrons. The van der Waals surface area contributed by atoms with Crippen molar-refractivity contribution in [1.29, 1.82) is 0 Å². The van der Waals surface area contributed by atoms with Gasteiger partial charge in [-0.3, -0.25) is 9.80 Å². The van der Waals surface area contributed by atoms with Crippen LogP contribution < -0.4 is 0 Å². The molecule has 28 heavy (non-hydrogen) atoms. The Morgan fingerprint density at radius 1 is 1.00 bits per heavy atom. The number of piperazine rings is 1. The van der Waals surface area contributed by atoms with Gasteiger partial charge in [-0.25, -0.2) is 0 Å². The largest absolute Gasteiger partial charge is 0.395 e. The number of aliphatic hydroxyl groups excluding tert-OH is 1. The van der Waals surface area contributed by atoms with Crippen LogP contribution in [-0.2, 0) is 0 Å². The average molecular weight is 411 g/mol. The zero-order valence-electron chi connectivity index (χ0n) is 15.7. The zero-order valence-corrected chi connectivity index (χ0v) is 17.3. The van der Waals surface area contributed by atoms with Gasteiger partial charge in [0.25, 0.3) is 0 Å². The maximum atomic E-state index is 9.07. The van der Waals surface area contributed by atoms with Crippen LogP contribution in [0, 0.1) is 11.8 Å². The number of hydrogen-bond acceptors (Lipinski definition) is 4. The number of benzene rings is 2. The van der Waals surface area contributed by atoms with Gasteiger partial charge in [-0.1, -0.05) is 53.4 Å². The van der Waals surface area contributed by atoms with E-state index in [1.54, 1.807) is 11.8 Å². The fourth-order valence-corrected chi connectivity index (χ4v) is 4.72. The van der Waals surface area contributed by atoms with Crippen LogP contribution in [0.5, 0.6) is 0 Å². The van der Waals surface area contributed by atoms with Crippen molar-refractivity contribution < 1.29 is 5.11 Å². The summed E-state index contributed by atoms with van der Waals surface area (Å²) in [7, 11) is 0. The van der Waals surface area contributed by atoms with Gasteiger partial charge in [0.2, 0.25) is 0 Å². The second-order valence-corrected chi connectivity index (χ2v) is 8.50. The van der Waals surface area contributed by atoms with Gasteiger partial charge < -0.3 is 5.11 Å². The minimum Gasteiger partial charge on any atom is -0.395 e. The van der Waals surface area contributed by atoms with Crippen LogP contribution in [0.2, 0.25) is 5.02 Å². The standard InChI is InChI=1S/C23H23ClN2OS/c24-20-7-8-23-21(17-20)18(16-19-4-1-2-6-22(19)28-23)5-3-9-25-10-12-26(13-11-25)14-15-27/h1-2,4,6-8,16-17,27H,9-15H2. The lowest BCUT2D eigenvalue weighted by Crippen LogP contribution is -2.47. The normalized spacial score (nSPS) is 17.0. The molecule has 0 bridgehead atoms. The van der Waals surface area contributed by atoms with E-state index >= 15 is 0 Å². The van der Waals surface area contributed by atoms with Crippen molar-refractivity contribution in [2.24, 2.45) is 0 Å². The first kappa shape index (κ1) is 19.6. The highest BCUT2D eigenvalue weighted by molar-refractivity contribution is 7.99. The fourth-order valence-electron chi connectivity index (χ4n) is 3.51. The van der Waals surface area contributed by atoms with E-state index in [1.165, 1.54) is 15.4 Å². The van der Waals surface area contributed by atoms with E-state index in [0.29, 0.717) is 0 Å². The quantitative estimate of drug-likeness (QED) is 0.775. The number of allylic oxidation sites excluding steroid dienone is 1. The Kier molecular flexibility index (Phi) is 6.41. The van der Waals surface area contributed by atoms with E-state index in [9.17, 15) is 0 Å². The fraction of sp³-hybridized carbons (Fsp3) is 0.304. The Labute approximate surface area is 176 Å². The number of aliphatic hydroxyl groups is 1. The van der Waals surface area contributed by atoms with Crippen molar-refractivity contribution in [3.8, 4) is 11.8 Å². The SMILES string of the molecule is OCCN1CCN(CC#CC2=Cc3ccccc3Sc3ccc(Cl)cc32)CC1. The second-order valence-electron chi connectivity index (χ2n) is 6.98. The Morgan fingerprint density at radius 3 is 2.61 bits per heavy atom. The predicted octanol–water partition coefficient (Wildman–Crippen LogP) is 3.96. The summed E-state index contributed by atoms with van der Waals surface area (Å²) >= 11 is 8.05. The summed E-state index contributed by atoms with van der Waals surface area (Å²) in [6, 6.07) is 14.5. The molecule has 1 fully saturated rings. The zero-order chi connectivity index (χ0) is 19.3. The minimum atomic E-state index is 0.232. The van der Waals surface area contributed by atoms with E-state index in [0.717, 1.165) is 55.4 Å². The lowest BCUT2D eigenvalue weighted by Gasteiger charge is -2.33. The van der Waals surface area contributed by atoms with E-state index in [2.05, 4.69) is 58.0 Å². The Morgan fingerprint density at radius 2 is 1.79 bits per heavy atom. The van der Waals surface area contributed by atoms with Crippen molar-refractivity contribution in [3.63, 3.8) is 0 Å². The van der Waals surface area contributed by atoms with Gasteiger partial charge in [0.05, 0.1) is 13.2 Å². The van der Waals surface area contributed by atoms with E-state index in [1.807, 2.05) is 12.1 Å². The molecular weight excluding hydrogens is 388 g/mol. The molecular formula is C23H23ClN2OS. The molecule has 0 spiro atoms. The first-order valence-corrected chi connectivity index (χ1v) is 10.8. The van der Waals surface area contributed by atoms with Crippen LogP contribution in [0.4, 0.5) is 0 Å². The van der Waals surface area contributed by atoms with Gasteiger partial charge in [-0.2, -0.15) is 0 Å². The summed E-state index contributed by atoms with van der Waals surface area (Å²) in [5.41, 5.74) is 3.32. The maximum Gasteiger partial charge on any atom is 0.0606 e. The molecule has 3 nitrogen and oxygen atoms in total. The second kappa shape index (κ2) is 9.17. The van der Waals surface area contributed by atoms with Crippen molar-refractivity contribution in [2.75, 3.05) is 45.9 Å². The van der Waals surface area contributed by atoms with Crippen LogP contribution in [0.25, 0.3) is 11.6 Å². The number of fused-ring (bicyclic) bond motifs is 2. The third kappa shape index (κ3) is 4.63. The summed E-state index contributed by atoms with van der Waals surface area (Å²) in [5, 5.41) is 9.80. The molecule has 2 heterocycles. The maximum absolute atomic E-state index is 9.07. The monoisotopic (exact) mass is 410 g/mol. The Bertz CT molecular complexity index is 939. The molecule has 1 saturated heterocycles. The molecule has 2 aromatic rings. The molecule has 0 atom stereocenters. The highest BCUT2D eigenvalue weighted by Gasteiger charge is 2.17. The van der Waals surface area contributed by atoms with Crippen molar-refractivity contribution in [3.05, 3.63) is 58.6 Å². The summed E-state index contributed by atoms with van der Waals surface area (Å²) < 4.78 is 0. The third-order valence-electron chi connectivity index (χ3n) is 5.08. The number of β-amino-alcohol motifs (C(OH)–C–C–N with tert-alkyl or cyclic N) is 1. The first-order valence-electron chi connectivity index (χ1n) is 9.56. The van der Waals surface area contributed by atoms with Gasteiger partial charge in [0.1, 0.15) is 0 Å². The molecule has 0 unspecified atom stereocenters. The number of rotatable bonds is 3. The highest BCUT2D eigenvalue weighted by atomic mass is 35.5.